The van der Waals surface area contributed by atoms with Crippen LogP contribution in [0.25, 0.3) is 0 Å². The Kier molecular flexibility index (Phi) is 5.70. The van der Waals surface area contributed by atoms with E-state index in [-0.39, 0.29) is 17.2 Å². The summed E-state index contributed by atoms with van der Waals surface area (Å²) in [4.78, 5) is 13.0. The highest BCUT2D eigenvalue weighted by Crippen LogP contribution is 2.36. The molecule has 2 aromatic rings. The van der Waals surface area contributed by atoms with Crippen LogP contribution >= 0.6 is 0 Å². The first kappa shape index (κ1) is 19.6. The molecule has 0 saturated carbocycles. The molecule has 0 aliphatic carbocycles. The summed E-state index contributed by atoms with van der Waals surface area (Å²) in [6, 6.07) is 8.51. The van der Waals surface area contributed by atoms with Crippen LogP contribution in [0.5, 0.6) is 0 Å². The summed E-state index contributed by atoms with van der Waals surface area (Å²) in [6.07, 6.45) is 1.86. The minimum absolute atomic E-state index is 0.0575. The van der Waals surface area contributed by atoms with E-state index in [2.05, 4.69) is 41.6 Å². The molecule has 0 radical (unpaired) electrons. The number of nitrogens with one attached hydrogen (secondary N) is 1. The summed E-state index contributed by atoms with van der Waals surface area (Å²) in [7, 11) is 1.92. The van der Waals surface area contributed by atoms with Gasteiger partial charge < -0.3 is 10.1 Å². The van der Waals surface area contributed by atoms with Gasteiger partial charge >= 0.3 is 0 Å². The van der Waals surface area contributed by atoms with Gasteiger partial charge in [0.25, 0.3) is 0 Å². The zero-order valence-electron chi connectivity index (χ0n) is 17.1. The molecule has 1 aromatic carbocycles. The van der Waals surface area contributed by atoms with E-state index >= 15 is 0 Å². The zero-order valence-corrected chi connectivity index (χ0v) is 17.1. The fourth-order valence-electron chi connectivity index (χ4n) is 4.43. The van der Waals surface area contributed by atoms with Gasteiger partial charge in [-0.25, -0.2) is 0 Å². The maximum Gasteiger partial charge on any atom is 0.227 e. The smallest absolute Gasteiger partial charge is 0.227 e. The van der Waals surface area contributed by atoms with E-state index in [0.29, 0.717) is 6.54 Å². The fraction of sp³-hybridized carbons (Fsp3) is 0.545. The molecule has 146 valence electrons. The fourth-order valence-corrected chi connectivity index (χ4v) is 4.43. The highest BCUT2D eigenvalue weighted by Gasteiger charge is 2.36. The number of carbonyl (C=O) groups is 1. The lowest BCUT2D eigenvalue weighted by molar-refractivity contribution is -0.122. The summed E-state index contributed by atoms with van der Waals surface area (Å²) < 4.78 is 7.47. The SMILES string of the molecule is Cc1ccccc1C1(CNC(=O)[C@@H](C)c2c(C)nn(C)c2C)CCOCC1. The van der Waals surface area contributed by atoms with Crippen LogP contribution in [0.1, 0.15) is 53.8 Å². The Bertz CT molecular complexity index is 819. The van der Waals surface area contributed by atoms with Crippen molar-refractivity contribution in [3.05, 3.63) is 52.3 Å². The summed E-state index contributed by atoms with van der Waals surface area (Å²) in [5.74, 6) is -0.152. The second-order valence-corrected chi connectivity index (χ2v) is 7.86. The molecule has 1 saturated heterocycles. The number of nitrogens with zero attached hydrogens (tertiary/aromatic N) is 2. The van der Waals surface area contributed by atoms with Gasteiger partial charge in [0.15, 0.2) is 0 Å². The number of amides is 1. The van der Waals surface area contributed by atoms with Crippen LogP contribution in [0.3, 0.4) is 0 Å². The molecule has 2 heterocycles. The standard InChI is InChI=1S/C22H31N3O2/c1-15-8-6-7-9-19(15)22(10-12-27-13-11-22)14-23-21(26)16(2)20-17(3)24-25(5)18(20)4/h6-9,16H,10-14H2,1-5H3,(H,23,26)/t16-/m0/s1. The topological polar surface area (TPSA) is 56.2 Å². The molecule has 1 amide bonds. The molecule has 1 fully saturated rings. The average molecular weight is 370 g/mol. The summed E-state index contributed by atoms with van der Waals surface area (Å²) in [5, 5.41) is 7.71. The Labute approximate surface area is 162 Å². The van der Waals surface area contributed by atoms with Gasteiger partial charge in [0.1, 0.15) is 0 Å². The van der Waals surface area contributed by atoms with Crippen molar-refractivity contribution in [2.45, 2.75) is 51.9 Å². The Hall–Kier alpha value is -2.14. The molecule has 1 aromatic heterocycles. The third-order valence-corrected chi connectivity index (χ3v) is 6.16. The zero-order chi connectivity index (χ0) is 19.6. The van der Waals surface area contributed by atoms with Gasteiger partial charge in [-0.3, -0.25) is 9.48 Å². The van der Waals surface area contributed by atoms with E-state index in [0.717, 1.165) is 43.0 Å². The number of benzene rings is 1. The van der Waals surface area contributed by atoms with Gasteiger partial charge in [-0.15, -0.1) is 0 Å². The second kappa shape index (κ2) is 7.85. The largest absolute Gasteiger partial charge is 0.381 e. The van der Waals surface area contributed by atoms with Crippen molar-refractivity contribution in [1.82, 2.24) is 15.1 Å². The highest BCUT2D eigenvalue weighted by molar-refractivity contribution is 5.84. The minimum atomic E-state index is -0.215. The molecule has 1 aliphatic heterocycles. The number of hydrogen-bond donors (Lipinski definition) is 1. The monoisotopic (exact) mass is 369 g/mol. The van der Waals surface area contributed by atoms with Crippen LogP contribution in [0.4, 0.5) is 0 Å². The number of rotatable bonds is 5. The number of hydrogen-bond acceptors (Lipinski definition) is 3. The van der Waals surface area contributed by atoms with Gasteiger partial charge in [-0.1, -0.05) is 24.3 Å². The summed E-state index contributed by atoms with van der Waals surface area (Å²) in [5.41, 5.74) is 5.56. The molecule has 27 heavy (non-hydrogen) atoms. The molecule has 1 N–H and O–H groups in total. The lowest BCUT2D eigenvalue weighted by atomic mass is 9.72. The van der Waals surface area contributed by atoms with Crippen LogP contribution in [0.2, 0.25) is 0 Å². The van der Waals surface area contributed by atoms with E-state index in [4.69, 9.17) is 4.74 Å². The number of ether oxygens (including phenoxy) is 1. The quantitative estimate of drug-likeness (QED) is 0.880. The van der Waals surface area contributed by atoms with Gasteiger partial charge in [-0.05, 0) is 51.7 Å². The molecule has 5 heteroatoms. The maximum atomic E-state index is 13.0. The third kappa shape index (κ3) is 3.79. The van der Waals surface area contributed by atoms with Crippen molar-refractivity contribution in [3.63, 3.8) is 0 Å². The molecular weight excluding hydrogens is 338 g/mol. The van der Waals surface area contributed by atoms with Gasteiger partial charge in [0, 0.05) is 43.5 Å². The van der Waals surface area contributed by atoms with Crippen LogP contribution < -0.4 is 5.32 Å². The van der Waals surface area contributed by atoms with Crippen LogP contribution in [-0.4, -0.2) is 35.4 Å². The average Bonchev–Trinajstić information content (AvgIpc) is 2.92. The van der Waals surface area contributed by atoms with E-state index in [1.54, 1.807) is 0 Å². The molecule has 0 spiro atoms. The summed E-state index contributed by atoms with van der Waals surface area (Å²) in [6.45, 7) is 10.2. The normalized spacial score (nSPS) is 17.5. The Morgan fingerprint density at radius 1 is 1.26 bits per heavy atom. The minimum Gasteiger partial charge on any atom is -0.381 e. The van der Waals surface area contributed by atoms with E-state index < -0.39 is 0 Å². The maximum absolute atomic E-state index is 13.0. The van der Waals surface area contributed by atoms with Gasteiger partial charge in [0.05, 0.1) is 11.6 Å². The number of aromatic nitrogens is 2. The van der Waals surface area contributed by atoms with E-state index in [1.807, 2.05) is 32.5 Å². The van der Waals surface area contributed by atoms with Crippen molar-refractivity contribution < 1.29 is 9.53 Å². The second-order valence-electron chi connectivity index (χ2n) is 7.86. The first-order valence-corrected chi connectivity index (χ1v) is 9.77. The third-order valence-electron chi connectivity index (χ3n) is 6.16. The molecule has 1 atom stereocenters. The van der Waals surface area contributed by atoms with Crippen molar-refractivity contribution in [2.24, 2.45) is 7.05 Å². The van der Waals surface area contributed by atoms with Crippen LogP contribution in [0.15, 0.2) is 24.3 Å². The van der Waals surface area contributed by atoms with E-state index in [1.165, 1.54) is 11.1 Å². The molecule has 0 bridgehead atoms. The van der Waals surface area contributed by atoms with Gasteiger partial charge in [-0.2, -0.15) is 5.10 Å². The van der Waals surface area contributed by atoms with Crippen molar-refractivity contribution in [1.29, 1.82) is 0 Å². The molecular formula is C22H31N3O2. The lowest BCUT2D eigenvalue weighted by Gasteiger charge is -2.39. The van der Waals surface area contributed by atoms with Crippen molar-refractivity contribution in [2.75, 3.05) is 19.8 Å². The Balaban J connectivity index is 1.79. The van der Waals surface area contributed by atoms with Crippen LogP contribution in [-0.2, 0) is 22.0 Å². The predicted molar refractivity (Wildman–Crippen MR) is 107 cm³/mol. The Morgan fingerprint density at radius 3 is 2.52 bits per heavy atom. The Morgan fingerprint density at radius 2 is 1.93 bits per heavy atom. The molecule has 5 nitrogen and oxygen atoms in total. The predicted octanol–water partition coefficient (Wildman–Crippen LogP) is 3.31. The molecule has 0 unspecified atom stereocenters. The molecule has 1 aliphatic rings. The highest BCUT2D eigenvalue weighted by atomic mass is 16.5. The first-order chi connectivity index (χ1) is 12.9. The van der Waals surface area contributed by atoms with Gasteiger partial charge in [0.2, 0.25) is 5.91 Å². The first-order valence-electron chi connectivity index (χ1n) is 9.77. The summed E-state index contributed by atoms with van der Waals surface area (Å²) >= 11 is 0. The number of carbonyl (C=O) groups excluding carboxylic acids is 1. The van der Waals surface area contributed by atoms with Crippen LogP contribution in [0, 0.1) is 20.8 Å². The van der Waals surface area contributed by atoms with Crippen molar-refractivity contribution >= 4 is 5.91 Å². The lowest BCUT2D eigenvalue weighted by Crippen LogP contribution is -2.46. The van der Waals surface area contributed by atoms with E-state index in [9.17, 15) is 4.79 Å². The number of aryl methyl sites for hydroxylation is 3. The van der Waals surface area contributed by atoms with Crippen molar-refractivity contribution in [3.8, 4) is 0 Å². The molecule has 3 rings (SSSR count).